The molecule has 7 heteroatoms. The highest BCUT2D eigenvalue weighted by molar-refractivity contribution is 7.89. The summed E-state index contributed by atoms with van der Waals surface area (Å²) in [6.45, 7) is 2.12. The summed E-state index contributed by atoms with van der Waals surface area (Å²) in [6, 6.07) is 0. The Morgan fingerprint density at radius 2 is 1.89 bits per heavy atom. The van der Waals surface area contributed by atoms with Crippen molar-refractivity contribution < 1.29 is 18.3 Å². The number of nitrogens with zero attached hydrogens (tertiary/aromatic N) is 2. The van der Waals surface area contributed by atoms with E-state index in [4.69, 9.17) is 5.11 Å². The summed E-state index contributed by atoms with van der Waals surface area (Å²) in [7, 11) is 0.771. The van der Waals surface area contributed by atoms with Crippen LogP contribution in [0.25, 0.3) is 0 Å². The Labute approximate surface area is 115 Å². The molecule has 1 fully saturated rings. The number of carboxylic acid groups (broad SMARTS) is 1. The number of hydrogen-bond acceptors (Lipinski definition) is 4. The predicted molar refractivity (Wildman–Crippen MR) is 73.5 cm³/mol. The average Bonchev–Trinajstić information content (AvgIpc) is 2.28. The lowest BCUT2D eigenvalue weighted by atomic mass is 9.98. The van der Waals surface area contributed by atoms with Gasteiger partial charge in [-0.3, -0.25) is 4.79 Å². The molecule has 112 valence electrons. The number of piperidine rings is 1. The van der Waals surface area contributed by atoms with Gasteiger partial charge in [0.2, 0.25) is 10.0 Å². The summed E-state index contributed by atoms with van der Waals surface area (Å²) in [5.41, 5.74) is 0. The molecule has 6 nitrogen and oxygen atoms in total. The van der Waals surface area contributed by atoms with E-state index in [0.717, 1.165) is 19.4 Å². The number of sulfonamides is 1. The number of carbonyl (C=O) groups is 1. The van der Waals surface area contributed by atoms with Gasteiger partial charge in [-0.05, 0) is 39.3 Å². The zero-order chi connectivity index (χ0) is 14.5. The molecule has 0 radical (unpaired) electrons. The van der Waals surface area contributed by atoms with Crippen LogP contribution in [0.2, 0.25) is 0 Å². The maximum absolute atomic E-state index is 12.0. The molecular formula is C12H24N2O4S. The lowest BCUT2D eigenvalue weighted by Gasteiger charge is -2.32. The average molecular weight is 292 g/mol. The normalized spacial score (nSPS) is 18.9. The number of rotatable bonds is 7. The molecule has 0 aliphatic carbocycles. The van der Waals surface area contributed by atoms with Gasteiger partial charge in [-0.2, -0.15) is 0 Å². The zero-order valence-electron chi connectivity index (χ0n) is 11.7. The van der Waals surface area contributed by atoms with Crippen molar-refractivity contribution in [3.05, 3.63) is 0 Å². The molecule has 1 aliphatic rings. The quantitative estimate of drug-likeness (QED) is 0.737. The van der Waals surface area contributed by atoms with Gasteiger partial charge in [0, 0.05) is 26.1 Å². The molecule has 0 aromatic carbocycles. The van der Waals surface area contributed by atoms with Gasteiger partial charge in [-0.1, -0.05) is 0 Å². The van der Waals surface area contributed by atoms with Gasteiger partial charge in [0.15, 0.2) is 0 Å². The van der Waals surface area contributed by atoms with Crippen molar-refractivity contribution in [2.75, 3.05) is 39.5 Å². The molecule has 0 saturated carbocycles. The fourth-order valence-electron chi connectivity index (χ4n) is 2.42. The molecule has 1 aliphatic heterocycles. The second kappa shape index (κ2) is 7.21. The summed E-state index contributed by atoms with van der Waals surface area (Å²) >= 11 is 0. The molecule has 19 heavy (non-hydrogen) atoms. The second-order valence-electron chi connectivity index (χ2n) is 5.42. The van der Waals surface area contributed by atoms with E-state index in [-0.39, 0.29) is 18.6 Å². The lowest BCUT2D eigenvalue weighted by Crippen LogP contribution is -2.41. The van der Waals surface area contributed by atoms with Crippen LogP contribution in [0, 0.1) is 5.92 Å². The lowest BCUT2D eigenvalue weighted by molar-refractivity contribution is -0.137. The highest BCUT2D eigenvalue weighted by Gasteiger charge is 2.27. The van der Waals surface area contributed by atoms with Crippen molar-refractivity contribution >= 4 is 16.0 Å². The van der Waals surface area contributed by atoms with Crippen molar-refractivity contribution in [2.45, 2.75) is 25.7 Å². The monoisotopic (exact) mass is 292 g/mol. The topological polar surface area (TPSA) is 77.9 Å². The van der Waals surface area contributed by atoms with Crippen LogP contribution in [0.5, 0.6) is 0 Å². The molecule has 1 saturated heterocycles. The van der Waals surface area contributed by atoms with Crippen LogP contribution >= 0.6 is 0 Å². The molecule has 0 unspecified atom stereocenters. The second-order valence-corrected chi connectivity index (χ2v) is 7.51. The van der Waals surface area contributed by atoms with Crippen LogP contribution < -0.4 is 0 Å². The zero-order valence-corrected chi connectivity index (χ0v) is 12.5. The first-order valence-corrected chi connectivity index (χ1v) is 8.26. The Morgan fingerprint density at radius 3 is 2.37 bits per heavy atom. The van der Waals surface area contributed by atoms with E-state index in [9.17, 15) is 13.2 Å². The Bertz CT molecular complexity index is 387. The molecule has 0 amide bonds. The van der Waals surface area contributed by atoms with Gasteiger partial charge in [0.25, 0.3) is 0 Å². The fourth-order valence-corrected chi connectivity index (χ4v) is 3.96. The van der Waals surface area contributed by atoms with Crippen molar-refractivity contribution in [1.82, 2.24) is 9.21 Å². The molecule has 1 rings (SSSR count). The Balaban J connectivity index is 2.38. The molecular weight excluding hydrogens is 268 g/mol. The summed E-state index contributed by atoms with van der Waals surface area (Å²) in [6.07, 6.45) is 1.87. The van der Waals surface area contributed by atoms with Crippen LogP contribution in [0.4, 0.5) is 0 Å². The Morgan fingerprint density at radius 1 is 1.32 bits per heavy atom. The molecule has 0 atom stereocenters. The van der Waals surface area contributed by atoms with Gasteiger partial charge < -0.3 is 10.0 Å². The van der Waals surface area contributed by atoms with Crippen molar-refractivity contribution in [3.8, 4) is 0 Å². The van der Waals surface area contributed by atoms with Crippen molar-refractivity contribution in [1.29, 1.82) is 0 Å². The molecule has 0 aromatic rings. The van der Waals surface area contributed by atoms with Crippen molar-refractivity contribution in [3.63, 3.8) is 0 Å². The Hall–Kier alpha value is -0.660. The Kier molecular flexibility index (Phi) is 6.22. The van der Waals surface area contributed by atoms with Gasteiger partial charge in [-0.25, -0.2) is 12.7 Å². The predicted octanol–water partition coefficient (Wildman–Crippen LogP) is 0.455. The number of hydrogen-bond donors (Lipinski definition) is 1. The van der Waals surface area contributed by atoms with Gasteiger partial charge in [0.05, 0.1) is 5.75 Å². The fraction of sp³-hybridized carbons (Fsp3) is 0.917. The first-order chi connectivity index (χ1) is 8.81. The summed E-state index contributed by atoms with van der Waals surface area (Å²) in [5, 5.41) is 8.53. The largest absolute Gasteiger partial charge is 0.481 e. The van der Waals surface area contributed by atoms with Crippen LogP contribution in [-0.4, -0.2) is 68.2 Å². The standard InChI is InChI=1S/C12H24N2O4S/c1-13(2)10-11-5-7-14(8-6-11)19(17,18)9-3-4-12(15)16/h11H,3-10H2,1-2H3,(H,15,16). The highest BCUT2D eigenvalue weighted by atomic mass is 32.2. The third-order valence-corrected chi connectivity index (χ3v) is 5.34. The maximum atomic E-state index is 12.0. The minimum Gasteiger partial charge on any atom is -0.481 e. The van der Waals surface area contributed by atoms with Gasteiger partial charge >= 0.3 is 5.97 Å². The maximum Gasteiger partial charge on any atom is 0.303 e. The van der Waals surface area contributed by atoms with Crippen LogP contribution in [0.1, 0.15) is 25.7 Å². The van der Waals surface area contributed by atoms with Gasteiger partial charge in [-0.15, -0.1) is 0 Å². The first kappa shape index (κ1) is 16.4. The van der Waals surface area contributed by atoms with Gasteiger partial charge in [0.1, 0.15) is 0 Å². The third kappa shape index (κ3) is 5.88. The minimum atomic E-state index is -3.27. The summed E-state index contributed by atoms with van der Waals surface area (Å²) in [5.74, 6) is -0.446. The smallest absolute Gasteiger partial charge is 0.303 e. The van der Waals surface area contributed by atoms with E-state index in [2.05, 4.69) is 4.90 Å². The summed E-state index contributed by atoms with van der Waals surface area (Å²) < 4.78 is 25.6. The SMILES string of the molecule is CN(C)CC1CCN(S(=O)(=O)CCCC(=O)O)CC1. The third-order valence-electron chi connectivity index (χ3n) is 3.38. The highest BCUT2D eigenvalue weighted by Crippen LogP contribution is 2.20. The van der Waals surface area contributed by atoms with Crippen LogP contribution in [0.15, 0.2) is 0 Å². The van der Waals surface area contributed by atoms with E-state index in [1.54, 1.807) is 0 Å². The molecule has 0 bridgehead atoms. The summed E-state index contributed by atoms with van der Waals surface area (Å²) in [4.78, 5) is 12.5. The van der Waals surface area contributed by atoms with Crippen LogP contribution in [0.3, 0.4) is 0 Å². The van der Waals surface area contributed by atoms with Crippen LogP contribution in [-0.2, 0) is 14.8 Å². The first-order valence-electron chi connectivity index (χ1n) is 6.65. The molecule has 0 spiro atoms. The van der Waals surface area contributed by atoms with Crippen molar-refractivity contribution in [2.24, 2.45) is 5.92 Å². The molecule has 0 aromatic heterocycles. The molecule has 1 heterocycles. The van der Waals surface area contributed by atoms with E-state index in [1.807, 2.05) is 14.1 Å². The van der Waals surface area contributed by atoms with E-state index in [0.29, 0.717) is 19.0 Å². The minimum absolute atomic E-state index is 0.0579. The number of carboxylic acids is 1. The van der Waals surface area contributed by atoms with E-state index in [1.165, 1.54) is 4.31 Å². The van der Waals surface area contributed by atoms with E-state index >= 15 is 0 Å². The number of aliphatic carboxylic acids is 1. The molecule has 1 N–H and O–H groups in total. The van der Waals surface area contributed by atoms with E-state index < -0.39 is 16.0 Å².